The molecule has 1 N–H and O–H groups in total. The van der Waals surface area contributed by atoms with Crippen LogP contribution in [0, 0.1) is 5.92 Å². The van der Waals surface area contributed by atoms with E-state index >= 15 is 0 Å². The Bertz CT molecular complexity index is 492. The van der Waals surface area contributed by atoms with Crippen molar-refractivity contribution in [1.29, 1.82) is 0 Å². The van der Waals surface area contributed by atoms with Crippen molar-refractivity contribution >= 4 is 5.65 Å². The van der Waals surface area contributed by atoms with E-state index < -0.39 is 0 Å². The fourth-order valence-electron chi connectivity index (χ4n) is 1.98. The molecule has 2 aromatic heterocycles. The molecule has 0 bridgehead atoms. The second-order valence-electron chi connectivity index (χ2n) is 4.22. The van der Waals surface area contributed by atoms with Crippen LogP contribution in [0.2, 0.25) is 0 Å². The summed E-state index contributed by atoms with van der Waals surface area (Å²) >= 11 is 0. The van der Waals surface area contributed by atoms with Gasteiger partial charge in [0.15, 0.2) is 5.65 Å². The van der Waals surface area contributed by atoms with Gasteiger partial charge in [-0.15, -0.1) is 14.8 Å². The summed E-state index contributed by atoms with van der Waals surface area (Å²) in [5.74, 6) is 1.13. The number of hydrogen-bond donors (Lipinski definition) is 1. The van der Waals surface area contributed by atoms with E-state index in [1.54, 1.807) is 12.1 Å². The van der Waals surface area contributed by atoms with Crippen molar-refractivity contribution in [3.8, 4) is 5.88 Å². The molecule has 1 saturated heterocycles. The summed E-state index contributed by atoms with van der Waals surface area (Å²) in [5.41, 5.74) is 0.622. The van der Waals surface area contributed by atoms with Gasteiger partial charge in [-0.25, -0.2) is 0 Å². The van der Waals surface area contributed by atoms with Crippen molar-refractivity contribution in [3.63, 3.8) is 0 Å². The molecule has 3 rings (SSSR count). The van der Waals surface area contributed by atoms with Gasteiger partial charge in [-0.2, -0.15) is 0 Å². The van der Waals surface area contributed by atoms with Gasteiger partial charge in [-0.3, -0.25) is 0 Å². The average Bonchev–Trinajstić information content (AvgIpc) is 2.85. The maximum absolute atomic E-state index is 5.66. The molecule has 90 valence electrons. The Kier molecular flexibility index (Phi) is 2.83. The third-order valence-corrected chi connectivity index (χ3v) is 2.91. The zero-order chi connectivity index (χ0) is 11.5. The van der Waals surface area contributed by atoms with Gasteiger partial charge >= 0.3 is 0 Å². The zero-order valence-corrected chi connectivity index (χ0v) is 9.41. The van der Waals surface area contributed by atoms with Crippen molar-refractivity contribution < 1.29 is 4.74 Å². The van der Waals surface area contributed by atoms with Crippen molar-refractivity contribution in [2.45, 2.75) is 12.8 Å². The van der Waals surface area contributed by atoms with Crippen LogP contribution in [0.1, 0.15) is 12.8 Å². The molecule has 1 aliphatic heterocycles. The van der Waals surface area contributed by atoms with Gasteiger partial charge in [0.05, 0.1) is 6.61 Å². The molecule has 0 saturated carbocycles. The lowest BCUT2D eigenvalue weighted by atomic mass is 10.0. The molecule has 2 aromatic rings. The maximum atomic E-state index is 5.66. The standard InChI is InChI=1S/C10H14N6O/c1-2-8(6-11-5-1)7-17-10-4-3-9-12-14-15-16(9)13-10/h3-4,8,11H,1-2,5-7H2. The summed E-state index contributed by atoms with van der Waals surface area (Å²) in [7, 11) is 0. The van der Waals surface area contributed by atoms with E-state index in [4.69, 9.17) is 4.74 Å². The third-order valence-electron chi connectivity index (χ3n) is 2.91. The maximum Gasteiger partial charge on any atom is 0.233 e. The van der Waals surface area contributed by atoms with Gasteiger partial charge in [0.25, 0.3) is 0 Å². The van der Waals surface area contributed by atoms with Crippen LogP contribution in [0.25, 0.3) is 5.65 Å². The number of piperidine rings is 1. The van der Waals surface area contributed by atoms with Crippen LogP contribution < -0.4 is 10.1 Å². The van der Waals surface area contributed by atoms with Crippen LogP contribution in [-0.2, 0) is 0 Å². The molecule has 1 aliphatic rings. The number of fused-ring (bicyclic) bond motifs is 1. The first kappa shape index (κ1) is 10.4. The molecule has 0 spiro atoms. The van der Waals surface area contributed by atoms with Crippen molar-refractivity contribution in [3.05, 3.63) is 12.1 Å². The predicted octanol–water partition coefficient (Wildman–Crippen LogP) is -0.102. The number of nitrogens with zero attached hydrogens (tertiary/aromatic N) is 5. The Labute approximate surface area is 98.1 Å². The molecule has 0 aliphatic carbocycles. The lowest BCUT2D eigenvalue weighted by Crippen LogP contribution is -2.33. The summed E-state index contributed by atoms with van der Waals surface area (Å²) in [4.78, 5) is 0. The second kappa shape index (κ2) is 4.62. The number of hydrogen-bond acceptors (Lipinski definition) is 6. The largest absolute Gasteiger partial charge is 0.476 e. The molecule has 0 aromatic carbocycles. The molecular weight excluding hydrogens is 220 g/mol. The van der Waals surface area contributed by atoms with Gasteiger partial charge < -0.3 is 10.1 Å². The Balaban J connectivity index is 1.63. The summed E-state index contributed by atoms with van der Waals surface area (Å²) in [5, 5.41) is 18.6. The van der Waals surface area contributed by atoms with E-state index in [2.05, 4.69) is 25.9 Å². The van der Waals surface area contributed by atoms with Gasteiger partial charge in [-0.1, -0.05) is 0 Å². The average molecular weight is 234 g/mol. The minimum absolute atomic E-state index is 0.565. The topological polar surface area (TPSA) is 77.2 Å². The smallest absolute Gasteiger partial charge is 0.233 e. The summed E-state index contributed by atoms with van der Waals surface area (Å²) in [6.45, 7) is 2.83. The number of nitrogens with one attached hydrogen (secondary N) is 1. The Morgan fingerprint density at radius 3 is 3.35 bits per heavy atom. The lowest BCUT2D eigenvalue weighted by molar-refractivity contribution is 0.209. The molecule has 3 heterocycles. The normalized spacial score (nSPS) is 20.6. The minimum atomic E-state index is 0.565. The van der Waals surface area contributed by atoms with Crippen molar-refractivity contribution in [2.75, 3.05) is 19.7 Å². The van der Waals surface area contributed by atoms with Crippen molar-refractivity contribution in [1.82, 2.24) is 30.6 Å². The number of aromatic nitrogens is 5. The van der Waals surface area contributed by atoms with Crippen molar-refractivity contribution in [2.24, 2.45) is 5.92 Å². The quantitative estimate of drug-likeness (QED) is 0.799. The molecule has 17 heavy (non-hydrogen) atoms. The molecule has 7 heteroatoms. The predicted molar refractivity (Wildman–Crippen MR) is 59.7 cm³/mol. The zero-order valence-electron chi connectivity index (χ0n) is 9.41. The Morgan fingerprint density at radius 1 is 1.47 bits per heavy atom. The summed E-state index contributed by atoms with van der Waals surface area (Å²) in [6, 6.07) is 3.59. The van der Waals surface area contributed by atoms with Crippen LogP contribution in [0.5, 0.6) is 5.88 Å². The van der Waals surface area contributed by atoms with Gasteiger partial charge in [0.2, 0.25) is 5.88 Å². The first-order valence-corrected chi connectivity index (χ1v) is 5.81. The second-order valence-corrected chi connectivity index (χ2v) is 4.22. The van der Waals surface area contributed by atoms with E-state index in [-0.39, 0.29) is 0 Å². The van der Waals surface area contributed by atoms with E-state index in [1.165, 1.54) is 17.5 Å². The number of tetrazole rings is 1. The first-order chi connectivity index (χ1) is 8.42. The molecule has 1 atom stereocenters. The SMILES string of the molecule is c1cc2nnnn2nc1OCC1CCCNC1. The molecule has 7 nitrogen and oxygen atoms in total. The molecule has 0 amide bonds. The number of rotatable bonds is 3. The fraction of sp³-hybridized carbons (Fsp3) is 0.600. The monoisotopic (exact) mass is 234 g/mol. The molecule has 1 fully saturated rings. The highest BCUT2D eigenvalue weighted by Crippen LogP contribution is 2.13. The van der Waals surface area contributed by atoms with Crippen LogP contribution in [-0.4, -0.2) is 45.0 Å². The molecule has 1 unspecified atom stereocenters. The molecule has 0 radical (unpaired) electrons. The highest BCUT2D eigenvalue weighted by molar-refractivity contribution is 5.34. The van der Waals surface area contributed by atoms with Crippen LogP contribution in [0.4, 0.5) is 0 Å². The van der Waals surface area contributed by atoms with E-state index in [0.717, 1.165) is 13.1 Å². The Morgan fingerprint density at radius 2 is 2.47 bits per heavy atom. The molecular formula is C10H14N6O. The van der Waals surface area contributed by atoms with E-state index in [9.17, 15) is 0 Å². The van der Waals surface area contributed by atoms with Gasteiger partial charge in [-0.05, 0) is 35.9 Å². The third kappa shape index (κ3) is 2.33. The van der Waals surface area contributed by atoms with Crippen LogP contribution in [0.15, 0.2) is 12.1 Å². The lowest BCUT2D eigenvalue weighted by Gasteiger charge is -2.22. The minimum Gasteiger partial charge on any atom is -0.476 e. The van der Waals surface area contributed by atoms with Crippen LogP contribution >= 0.6 is 0 Å². The highest BCUT2D eigenvalue weighted by Gasteiger charge is 2.14. The summed E-state index contributed by atoms with van der Waals surface area (Å²) in [6.07, 6.45) is 2.42. The van der Waals surface area contributed by atoms with Gasteiger partial charge in [0, 0.05) is 18.5 Å². The van der Waals surface area contributed by atoms with Crippen LogP contribution in [0.3, 0.4) is 0 Å². The first-order valence-electron chi connectivity index (χ1n) is 5.81. The summed E-state index contributed by atoms with van der Waals surface area (Å²) < 4.78 is 7.02. The Hall–Kier alpha value is -1.76. The van der Waals surface area contributed by atoms with E-state index in [1.807, 2.05) is 0 Å². The fourth-order valence-corrected chi connectivity index (χ4v) is 1.98. The number of ether oxygens (including phenoxy) is 1. The van der Waals surface area contributed by atoms with Gasteiger partial charge in [0.1, 0.15) is 0 Å². The highest BCUT2D eigenvalue weighted by atomic mass is 16.5. The van der Waals surface area contributed by atoms with E-state index in [0.29, 0.717) is 24.1 Å².